The Hall–Kier alpha value is -1.31. The summed E-state index contributed by atoms with van der Waals surface area (Å²) in [4.78, 5) is 10.4. The van der Waals surface area contributed by atoms with Gasteiger partial charge < -0.3 is 5.11 Å². The molecule has 2 nitrogen and oxygen atoms in total. The summed E-state index contributed by atoms with van der Waals surface area (Å²) in [6.45, 7) is 6.92. The maximum absolute atomic E-state index is 10.4. The highest BCUT2D eigenvalue weighted by Gasteiger charge is 2.01. The Morgan fingerprint density at radius 2 is 2.00 bits per heavy atom. The van der Waals surface area contributed by atoms with Gasteiger partial charge in [-0.1, -0.05) is 18.2 Å². The van der Waals surface area contributed by atoms with Crippen LogP contribution in [0.4, 0.5) is 0 Å². The van der Waals surface area contributed by atoms with E-state index in [1.165, 1.54) is 12.2 Å². The maximum Gasteiger partial charge on any atom is 0.153 e. The Labute approximate surface area is 66.5 Å². The van der Waals surface area contributed by atoms with E-state index in [-0.39, 0.29) is 5.76 Å². The highest BCUT2D eigenvalue weighted by atomic mass is 16.3. The van der Waals surface area contributed by atoms with Crippen LogP contribution >= 0.6 is 0 Å². The summed E-state index contributed by atoms with van der Waals surface area (Å²) < 4.78 is 0. The average molecular weight is 152 g/mol. The third kappa shape index (κ3) is 2.85. The summed E-state index contributed by atoms with van der Waals surface area (Å²) in [7, 11) is 0. The molecule has 0 radical (unpaired) electrons. The first-order valence-corrected chi connectivity index (χ1v) is 3.28. The number of hydrogen-bond acceptors (Lipinski definition) is 2. The molecule has 11 heavy (non-hydrogen) atoms. The number of aliphatic hydroxyl groups excluding tert-OH is 1. The molecule has 0 spiro atoms. The number of allylic oxidation sites excluding steroid dienone is 4. The minimum absolute atomic E-state index is 0.0324. The number of rotatable bonds is 3. The fourth-order valence-corrected chi connectivity index (χ4v) is 0.636. The van der Waals surface area contributed by atoms with E-state index in [0.29, 0.717) is 11.9 Å². The van der Waals surface area contributed by atoms with Gasteiger partial charge in [0.15, 0.2) is 6.29 Å². The monoisotopic (exact) mass is 152 g/mol. The Kier molecular flexibility index (Phi) is 3.96. The van der Waals surface area contributed by atoms with Crippen LogP contribution in [-0.2, 0) is 4.79 Å². The zero-order valence-electron chi connectivity index (χ0n) is 6.79. The van der Waals surface area contributed by atoms with Gasteiger partial charge in [0.05, 0.1) is 5.57 Å². The fourth-order valence-electron chi connectivity index (χ4n) is 0.636. The predicted octanol–water partition coefficient (Wildman–Crippen LogP) is 2.15. The molecule has 0 heterocycles. The van der Waals surface area contributed by atoms with Crippen molar-refractivity contribution in [2.45, 2.75) is 13.8 Å². The molecule has 0 saturated heterocycles. The molecular formula is C9H12O2. The summed E-state index contributed by atoms with van der Waals surface area (Å²) in [5, 5.41) is 9.18. The molecule has 60 valence electrons. The standard InChI is InChI=1S/C9H12O2/c1-4-5-9(11)8(6-10)7(2)3/h4-6,11H,1H2,2-3H3/b9-5+. The summed E-state index contributed by atoms with van der Waals surface area (Å²) in [5.74, 6) is -0.0324. The van der Waals surface area contributed by atoms with Gasteiger partial charge in [0.2, 0.25) is 0 Å². The van der Waals surface area contributed by atoms with Gasteiger partial charge in [0, 0.05) is 0 Å². The Morgan fingerprint density at radius 3 is 2.27 bits per heavy atom. The molecule has 0 amide bonds. The van der Waals surface area contributed by atoms with Gasteiger partial charge in [0.25, 0.3) is 0 Å². The number of carbonyl (C=O) groups excluding carboxylic acids is 1. The van der Waals surface area contributed by atoms with Gasteiger partial charge in [0.1, 0.15) is 5.76 Å². The third-order valence-corrected chi connectivity index (χ3v) is 1.21. The smallest absolute Gasteiger partial charge is 0.153 e. The van der Waals surface area contributed by atoms with Crippen molar-refractivity contribution >= 4 is 6.29 Å². The first-order valence-electron chi connectivity index (χ1n) is 3.28. The van der Waals surface area contributed by atoms with Gasteiger partial charge >= 0.3 is 0 Å². The zero-order valence-corrected chi connectivity index (χ0v) is 6.79. The largest absolute Gasteiger partial charge is 0.507 e. The highest BCUT2D eigenvalue weighted by molar-refractivity contribution is 5.80. The molecule has 0 rings (SSSR count). The van der Waals surface area contributed by atoms with Crippen molar-refractivity contribution in [3.05, 3.63) is 35.6 Å². The number of carbonyl (C=O) groups is 1. The zero-order chi connectivity index (χ0) is 8.85. The quantitative estimate of drug-likeness (QED) is 0.291. The Balaban J connectivity index is 4.81. The van der Waals surface area contributed by atoms with Gasteiger partial charge in [-0.25, -0.2) is 0 Å². The van der Waals surface area contributed by atoms with Crippen molar-refractivity contribution in [2.75, 3.05) is 0 Å². The molecule has 0 aliphatic rings. The summed E-state index contributed by atoms with van der Waals surface area (Å²) in [6, 6.07) is 0. The van der Waals surface area contributed by atoms with Crippen molar-refractivity contribution < 1.29 is 9.90 Å². The molecule has 0 bridgehead atoms. The van der Waals surface area contributed by atoms with E-state index in [1.54, 1.807) is 13.8 Å². The Morgan fingerprint density at radius 1 is 1.45 bits per heavy atom. The van der Waals surface area contributed by atoms with E-state index in [2.05, 4.69) is 6.58 Å². The lowest BCUT2D eigenvalue weighted by Gasteiger charge is -1.98. The van der Waals surface area contributed by atoms with Crippen molar-refractivity contribution in [3.8, 4) is 0 Å². The molecule has 0 aromatic heterocycles. The van der Waals surface area contributed by atoms with Crippen LogP contribution in [0.1, 0.15) is 13.8 Å². The second-order valence-corrected chi connectivity index (χ2v) is 2.32. The number of hydrogen-bond donors (Lipinski definition) is 1. The molecule has 0 unspecified atom stereocenters. The first kappa shape index (κ1) is 9.69. The van der Waals surface area contributed by atoms with Crippen molar-refractivity contribution in [2.24, 2.45) is 0 Å². The minimum Gasteiger partial charge on any atom is -0.507 e. The van der Waals surface area contributed by atoms with E-state index >= 15 is 0 Å². The molecule has 0 aromatic carbocycles. The summed E-state index contributed by atoms with van der Waals surface area (Å²) >= 11 is 0. The van der Waals surface area contributed by atoms with E-state index in [4.69, 9.17) is 0 Å². The molecular weight excluding hydrogens is 140 g/mol. The van der Waals surface area contributed by atoms with Gasteiger partial charge in [-0.05, 0) is 19.9 Å². The lowest BCUT2D eigenvalue weighted by atomic mass is 10.1. The predicted molar refractivity (Wildman–Crippen MR) is 45.3 cm³/mol. The van der Waals surface area contributed by atoms with Gasteiger partial charge in [-0.15, -0.1) is 0 Å². The van der Waals surface area contributed by atoms with Crippen LogP contribution in [0.15, 0.2) is 35.6 Å². The molecule has 1 N–H and O–H groups in total. The van der Waals surface area contributed by atoms with Crippen molar-refractivity contribution in [1.29, 1.82) is 0 Å². The normalized spacial score (nSPS) is 10.5. The van der Waals surface area contributed by atoms with Crippen LogP contribution in [0.5, 0.6) is 0 Å². The first-order chi connectivity index (χ1) is 5.13. The molecule has 0 aromatic rings. The topological polar surface area (TPSA) is 37.3 Å². The van der Waals surface area contributed by atoms with Crippen LogP contribution in [0.3, 0.4) is 0 Å². The number of aliphatic hydroxyl groups is 1. The Bertz CT molecular complexity index is 218. The highest BCUT2D eigenvalue weighted by Crippen LogP contribution is 2.08. The third-order valence-electron chi connectivity index (χ3n) is 1.21. The molecule has 0 aliphatic carbocycles. The second-order valence-electron chi connectivity index (χ2n) is 2.32. The second kappa shape index (κ2) is 4.50. The molecule has 2 heteroatoms. The molecule has 0 atom stereocenters. The summed E-state index contributed by atoms with van der Waals surface area (Å²) in [6.07, 6.45) is 3.45. The van der Waals surface area contributed by atoms with Gasteiger partial charge in [-0.2, -0.15) is 0 Å². The van der Waals surface area contributed by atoms with E-state index in [0.717, 1.165) is 5.57 Å². The van der Waals surface area contributed by atoms with Crippen LogP contribution in [-0.4, -0.2) is 11.4 Å². The van der Waals surface area contributed by atoms with Gasteiger partial charge in [-0.3, -0.25) is 4.79 Å². The van der Waals surface area contributed by atoms with E-state index in [1.807, 2.05) is 0 Å². The lowest BCUT2D eigenvalue weighted by molar-refractivity contribution is -0.104. The SMILES string of the molecule is C=C/C=C(/O)C(C=O)=C(C)C. The molecule has 0 saturated carbocycles. The lowest BCUT2D eigenvalue weighted by Crippen LogP contribution is -1.92. The molecule has 0 fully saturated rings. The van der Waals surface area contributed by atoms with Crippen LogP contribution in [0, 0.1) is 0 Å². The summed E-state index contributed by atoms with van der Waals surface area (Å²) in [5.41, 5.74) is 1.11. The van der Waals surface area contributed by atoms with E-state index in [9.17, 15) is 9.90 Å². The van der Waals surface area contributed by atoms with Crippen LogP contribution in [0.25, 0.3) is 0 Å². The molecule has 0 aliphatic heterocycles. The average Bonchev–Trinajstić information content (AvgIpc) is 1.88. The fraction of sp³-hybridized carbons (Fsp3) is 0.222. The number of aldehydes is 1. The van der Waals surface area contributed by atoms with E-state index < -0.39 is 0 Å². The van der Waals surface area contributed by atoms with Crippen LogP contribution in [0.2, 0.25) is 0 Å². The maximum atomic E-state index is 10.4. The minimum atomic E-state index is -0.0324. The van der Waals surface area contributed by atoms with Crippen LogP contribution < -0.4 is 0 Å². The van der Waals surface area contributed by atoms with Crippen molar-refractivity contribution in [1.82, 2.24) is 0 Å². The van der Waals surface area contributed by atoms with Crippen molar-refractivity contribution in [3.63, 3.8) is 0 Å².